The molecule has 0 N–H and O–H groups in total. The molecule has 1 fully saturated rings. The summed E-state index contributed by atoms with van der Waals surface area (Å²) in [6.45, 7) is 0.451. The van der Waals surface area contributed by atoms with E-state index in [1.807, 2.05) is 0 Å². The van der Waals surface area contributed by atoms with Gasteiger partial charge in [-0.1, -0.05) is 0 Å². The normalized spacial score (nSPS) is 17.8. The van der Waals surface area contributed by atoms with E-state index in [1.54, 1.807) is 18.2 Å². The molecule has 8 nitrogen and oxygen atoms in total. The van der Waals surface area contributed by atoms with Crippen molar-refractivity contribution in [2.45, 2.75) is 30.4 Å². The van der Waals surface area contributed by atoms with Gasteiger partial charge in [0, 0.05) is 30.8 Å². The van der Waals surface area contributed by atoms with E-state index in [0.717, 1.165) is 0 Å². The molecular formula is C21H23FN2O6S. The molecule has 166 valence electrons. The number of carbonyl (C=O) groups is 1. The number of halogens is 1. The molecule has 10 heteroatoms. The lowest BCUT2D eigenvalue weighted by molar-refractivity contribution is 0.135. The molecule has 1 saturated heterocycles. The predicted octanol–water partition coefficient (Wildman–Crippen LogP) is 3.15. The van der Waals surface area contributed by atoms with Crippen molar-refractivity contribution >= 4 is 21.8 Å². The van der Waals surface area contributed by atoms with Crippen LogP contribution in [0.4, 0.5) is 14.9 Å². The second-order valence-corrected chi connectivity index (χ2v) is 9.26. The summed E-state index contributed by atoms with van der Waals surface area (Å²) in [4.78, 5) is 14.0. The molecule has 2 heterocycles. The molecule has 2 aliphatic rings. The summed E-state index contributed by atoms with van der Waals surface area (Å²) in [5.74, 6) is 0.248. The van der Waals surface area contributed by atoms with Crippen molar-refractivity contribution in [1.82, 2.24) is 4.31 Å². The highest BCUT2D eigenvalue weighted by Crippen LogP contribution is 2.35. The van der Waals surface area contributed by atoms with Gasteiger partial charge < -0.3 is 14.2 Å². The first-order valence-electron chi connectivity index (χ1n) is 9.81. The number of cyclic esters (lactones) is 1. The van der Waals surface area contributed by atoms with Crippen molar-refractivity contribution in [3.05, 3.63) is 47.8 Å². The van der Waals surface area contributed by atoms with Gasteiger partial charge in [-0.15, -0.1) is 0 Å². The molecule has 0 aromatic heterocycles. The summed E-state index contributed by atoms with van der Waals surface area (Å²) in [6, 6.07) is 8.59. The van der Waals surface area contributed by atoms with Crippen LogP contribution in [0.2, 0.25) is 0 Å². The molecule has 31 heavy (non-hydrogen) atoms. The van der Waals surface area contributed by atoms with Crippen LogP contribution in [0.25, 0.3) is 0 Å². The first kappa shape index (κ1) is 21.4. The van der Waals surface area contributed by atoms with Crippen LogP contribution >= 0.6 is 0 Å². The van der Waals surface area contributed by atoms with Crippen LogP contribution in [0.3, 0.4) is 0 Å². The van der Waals surface area contributed by atoms with E-state index in [2.05, 4.69) is 0 Å². The number of methoxy groups -OCH3 is 2. The minimum Gasteiger partial charge on any atom is -0.497 e. The smallest absolute Gasteiger partial charge is 0.414 e. The van der Waals surface area contributed by atoms with Crippen molar-refractivity contribution < 1.29 is 31.8 Å². The van der Waals surface area contributed by atoms with E-state index in [-0.39, 0.29) is 36.4 Å². The molecule has 2 aromatic carbocycles. The minimum atomic E-state index is -3.83. The third kappa shape index (κ3) is 3.92. The molecule has 0 atom stereocenters. The summed E-state index contributed by atoms with van der Waals surface area (Å²) < 4.78 is 57.1. The Hall–Kier alpha value is -2.85. The van der Waals surface area contributed by atoms with Crippen LogP contribution in [0.1, 0.15) is 18.4 Å². The van der Waals surface area contributed by atoms with Crippen LogP contribution in [-0.2, 0) is 21.4 Å². The molecule has 2 aromatic rings. The predicted molar refractivity (Wildman–Crippen MR) is 110 cm³/mol. The fourth-order valence-electron chi connectivity index (χ4n) is 4.02. The first-order chi connectivity index (χ1) is 14.8. The van der Waals surface area contributed by atoms with Gasteiger partial charge in [0.15, 0.2) is 0 Å². The zero-order valence-corrected chi connectivity index (χ0v) is 18.0. The van der Waals surface area contributed by atoms with Gasteiger partial charge in [0.25, 0.3) is 0 Å². The van der Waals surface area contributed by atoms with Crippen molar-refractivity contribution in [2.24, 2.45) is 0 Å². The van der Waals surface area contributed by atoms with Crippen molar-refractivity contribution in [3.63, 3.8) is 0 Å². The van der Waals surface area contributed by atoms with Gasteiger partial charge in [-0.3, -0.25) is 4.90 Å². The quantitative estimate of drug-likeness (QED) is 0.696. The van der Waals surface area contributed by atoms with Crippen molar-refractivity contribution in [1.29, 1.82) is 0 Å². The number of ether oxygens (including phenoxy) is 3. The number of amides is 1. The Morgan fingerprint density at radius 1 is 1.06 bits per heavy atom. The van der Waals surface area contributed by atoms with E-state index in [1.165, 1.54) is 41.6 Å². The number of anilines is 1. The lowest BCUT2D eigenvalue weighted by Crippen LogP contribution is -2.50. The zero-order valence-electron chi connectivity index (χ0n) is 17.2. The number of rotatable bonds is 5. The van der Waals surface area contributed by atoms with Gasteiger partial charge in [0.2, 0.25) is 10.0 Å². The van der Waals surface area contributed by atoms with E-state index in [4.69, 9.17) is 14.2 Å². The molecule has 0 aliphatic carbocycles. The molecule has 0 bridgehead atoms. The highest BCUT2D eigenvalue weighted by atomic mass is 32.2. The van der Waals surface area contributed by atoms with E-state index in [0.29, 0.717) is 29.8 Å². The fraction of sp³-hybridized carbons (Fsp3) is 0.381. The Morgan fingerprint density at radius 3 is 2.48 bits per heavy atom. The van der Waals surface area contributed by atoms with Crippen LogP contribution in [0.5, 0.6) is 11.5 Å². The molecular weight excluding hydrogens is 427 g/mol. The SMILES string of the molecule is COc1ccc(OC)c(S(=O)(=O)N2CCC(N3C(=O)OCc4cc(F)ccc43)CC2)c1. The Morgan fingerprint density at radius 2 is 1.81 bits per heavy atom. The Kier molecular flexibility index (Phi) is 5.76. The van der Waals surface area contributed by atoms with E-state index < -0.39 is 21.9 Å². The summed E-state index contributed by atoms with van der Waals surface area (Å²) >= 11 is 0. The second-order valence-electron chi connectivity index (χ2n) is 7.35. The third-order valence-electron chi connectivity index (χ3n) is 5.63. The monoisotopic (exact) mass is 450 g/mol. The third-order valence-corrected chi connectivity index (χ3v) is 7.55. The fourth-order valence-corrected chi connectivity index (χ4v) is 5.66. The van der Waals surface area contributed by atoms with Gasteiger partial charge in [0.1, 0.15) is 28.8 Å². The minimum absolute atomic E-state index is 0.0191. The van der Waals surface area contributed by atoms with Gasteiger partial charge in [-0.05, 0) is 43.2 Å². The number of fused-ring (bicyclic) bond motifs is 1. The van der Waals surface area contributed by atoms with Crippen LogP contribution < -0.4 is 14.4 Å². The largest absolute Gasteiger partial charge is 0.497 e. The molecule has 4 rings (SSSR count). The molecule has 2 aliphatic heterocycles. The van der Waals surface area contributed by atoms with Gasteiger partial charge in [-0.2, -0.15) is 4.31 Å². The maximum Gasteiger partial charge on any atom is 0.414 e. The van der Waals surface area contributed by atoms with E-state index >= 15 is 0 Å². The van der Waals surface area contributed by atoms with Gasteiger partial charge in [0.05, 0.1) is 19.9 Å². The van der Waals surface area contributed by atoms with Gasteiger partial charge >= 0.3 is 6.09 Å². The van der Waals surface area contributed by atoms with E-state index in [9.17, 15) is 17.6 Å². The molecule has 0 spiro atoms. The average molecular weight is 450 g/mol. The number of piperidine rings is 1. The number of nitrogens with zero attached hydrogens (tertiary/aromatic N) is 2. The summed E-state index contributed by atoms with van der Waals surface area (Å²) in [6.07, 6.45) is 0.323. The van der Waals surface area contributed by atoms with Crippen LogP contribution in [0.15, 0.2) is 41.3 Å². The maximum absolute atomic E-state index is 13.6. The molecule has 0 saturated carbocycles. The Bertz CT molecular complexity index is 1100. The average Bonchev–Trinajstić information content (AvgIpc) is 2.78. The number of hydrogen-bond donors (Lipinski definition) is 0. The number of sulfonamides is 1. The van der Waals surface area contributed by atoms with Crippen molar-refractivity contribution in [3.8, 4) is 11.5 Å². The summed E-state index contributed by atoms with van der Waals surface area (Å²) in [5, 5.41) is 0. The zero-order chi connectivity index (χ0) is 22.2. The number of carbonyl (C=O) groups excluding carboxylic acids is 1. The Labute approximate surface area is 180 Å². The van der Waals surface area contributed by atoms with Crippen LogP contribution in [0, 0.1) is 5.82 Å². The highest BCUT2D eigenvalue weighted by molar-refractivity contribution is 7.89. The second kappa shape index (κ2) is 8.35. The summed E-state index contributed by atoms with van der Waals surface area (Å²) in [7, 11) is -0.952. The van der Waals surface area contributed by atoms with Gasteiger partial charge in [-0.25, -0.2) is 17.6 Å². The van der Waals surface area contributed by atoms with Crippen molar-refractivity contribution in [2.75, 3.05) is 32.2 Å². The lowest BCUT2D eigenvalue weighted by atomic mass is 10.0. The standard InChI is InChI=1S/C21H23FN2O6S/c1-28-17-4-6-19(29-2)20(12-17)31(26,27)23-9-7-16(8-10-23)24-18-5-3-15(22)11-14(18)13-30-21(24)25/h3-6,11-12,16H,7-10,13H2,1-2H3. The first-order valence-corrected chi connectivity index (χ1v) is 11.3. The highest BCUT2D eigenvalue weighted by Gasteiger charge is 2.38. The maximum atomic E-state index is 13.6. The topological polar surface area (TPSA) is 85.4 Å². The number of benzene rings is 2. The summed E-state index contributed by atoms with van der Waals surface area (Å²) in [5.41, 5.74) is 1.20. The van der Waals surface area contributed by atoms with Crippen LogP contribution in [-0.4, -0.2) is 52.2 Å². The molecule has 0 radical (unpaired) electrons. The number of hydrogen-bond acceptors (Lipinski definition) is 6. The Balaban J connectivity index is 1.55. The molecule has 1 amide bonds. The molecule has 0 unspecified atom stereocenters. The lowest BCUT2D eigenvalue weighted by Gasteiger charge is -2.39.